The number of hydrogen-bond acceptors (Lipinski definition) is 4. The lowest BCUT2D eigenvalue weighted by molar-refractivity contribution is 0.185. The van der Waals surface area contributed by atoms with Crippen molar-refractivity contribution < 1.29 is 4.42 Å². The summed E-state index contributed by atoms with van der Waals surface area (Å²) in [6.45, 7) is 4.71. The molecule has 2 aliphatic heterocycles. The molecule has 0 radical (unpaired) electrons. The standard InChI is InChI=1S/C17H20ClN3O/c18-13-4-5-16-15(6-13)19-17(22-16)21-9-14(10-21)20-7-11-2-1-3-12(11)8-20/h4-6,11-12,14H,1-3,7-10H2. The lowest BCUT2D eigenvalue weighted by atomic mass is 10.0. The molecule has 1 aromatic heterocycles. The van der Waals surface area contributed by atoms with Gasteiger partial charge in [-0.05, 0) is 42.9 Å². The van der Waals surface area contributed by atoms with Gasteiger partial charge >= 0.3 is 0 Å². The van der Waals surface area contributed by atoms with E-state index in [9.17, 15) is 0 Å². The maximum Gasteiger partial charge on any atom is 0.298 e. The van der Waals surface area contributed by atoms with Gasteiger partial charge in [0.25, 0.3) is 6.01 Å². The highest BCUT2D eigenvalue weighted by molar-refractivity contribution is 6.31. The molecule has 2 unspecified atom stereocenters. The Morgan fingerprint density at radius 3 is 2.64 bits per heavy atom. The summed E-state index contributed by atoms with van der Waals surface area (Å²) >= 11 is 6.01. The maximum atomic E-state index is 6.01. The van der Waals surface area contributed by atoms with Crippen LogP contribution in [0.4, 0.5) is 6.01 Å². The molecule has 1 saturated carbocycles. The van der Waals surface area contributed by atoms with Crippen LogP contribution in [0.1, 0.15) is 19.3 Å². The Labute approximate surface area is 135 Å². The molecule has 3 heterocycles. The number of likely N-dealkylation sites (tertiary alicyclic amines) is 1. The van der Waals surface area contributed by atoms with E-state index in [4.69, 9.17) is 16.0 Å². The molecule has 1 aromatic carbocycles. The Morgan fingerprint density at radius 2 is 1.86 bits per heavy atom. The summed E-state index contributed by atoms with van der Waals surface area (Å²) in [7, 11) is 0. The van der Waals surface area contributed by atoms with Crippen LogP contribution in [0.25, 0.3) is 11.1 Å². The van der Waals surface area contributed by atoms with Crippen LogP contribution < -0.4 is 4.90 Å². The van der Waals surface area contributed by atoms with Crippen LogP contribution in [0.5, 0.6) is 0 Å². The zero-order chi connectivity index (χ0) is 14.7. The second-order valence-electron chi connectivity index (χ2n) is 7.07. The molecule has 1 aliphatic carbocycles. The summed E-state index contributed by atoms with van der Waals surface area (Å²) in [5.74, 6) is 1.95. The SMILES string of the molecule is Clc1ccc2oc(N3CC(N4CC5CCCC5C4)C3)nc2c1. The normalized spacial score (nSPS) is 29.2. The Morgan fingerprint density at radius 1 is 1.09 bits per heavy atom. The third-order valence-corrected chi connectivity index (χ3v) is 5.98. The molecule has 3 fully saturated rings. The van der Waals surface area contributed by atoms with Crippen molar-refractivity contribution in [1.82, 2.24) is 9.88 Å². The molecule has 2 aromatic rings. The molecule has 5 heteroatoms. The van der Waals surface area contributed by atoms with Crippen LogP contribution in [0.15, 0.2) is 22.6 Å². The van der Waals surface area contributed by atoms with Crippen LogP contribution in [0.3, 0.4) is 0 Å². The van der Waals surface area contributed by atoms with Crippen molar-refractivity contribution >= 4 is 28.7 Å². The minimum absolute atomic E-state index is 0.684. The number of nitrogens with zero attached hydrogens (tertiary/aromatic N) is 3. The average Bonchev–Trinajstić information content (AvgIpc) is 3.09. The van der Waals surface area contributed by atoms with Crippen molar-refractivity contribution in [3.63, 3.8) is 0 Å². The Balaban J connectivity index is 1.27. The first-order valence-electron chi connectivity index (χ1n) is 8.31. The Hall–Kier alpha value is -1.26. The van der Waals surface area contributed by atoms with Gasteiger partial charge in [0.15, 0.2) is 5.58 Å². The molecule has 116 valence electrons. The van der Waals surface area contributed by atoms with Crippen molar-refractivity contribution in [2.75, 3.05) is 31.1 Å². The average molecular weight is 318 g/mol. The van der Waals surface area contributed by atoms with Gasteiger partial charge in [-0.1, -0.05) is 18.0 Å². The fourth-order valence-corrected chi connectivity index (χ4v) is 4.60. The number of benzene rings is 1. The van der Waals surface area contributed by atoms with Crippen LogP contribution in [-0.4, -0.2) is 42.1 Å². The monoisotopic (exact) mass is 317 g/mol. The molecule has 0 spiro atoms. The second-order valence-corrected chi connectivity index (χ2v) is 7.51. The van der Waals surface area contributed by atoms with Crippen molar-refractivity contribution in [3.05, 3.63) is 23.2 Å². The molecule has 3 aliphatic rings. The van der Waals surface area contributed by atoms with Crippen molar-refractivity contribution in [2.24, 2.45) is 11.8 Å². The molecule has 0 bridgehead atoms. The summed E-state index contributed by atoms with van der Waals surface area (Å²) < 4.78 is 5.85. The number of aromatic nitrogens is 1. The summed E-state index contributed by atoms with van der Waals surface area (Å²) in [6.07, 6.45) is 4.35. The number of oxazole rings is 1. The fraction of sp³-hybridized carbons (Fsp3) is 0.588. The van der Waals surface area contributed by atoms with Crippen molar-refractivity contribution in [2.45, 2.75) is 25.3 Å². The van der Waals surface area contributed by atoms with E-state index in [2.05, 4.69) is 14.8 Å². The van der Waals surface area contributed by atoms with E-state index in [1.807, 2.05) is 18.2 Å². The topological polar surface area (TPSA) is 32.5 Å². The molecule has 0 amide bonds. The predicted octanol–water partition coefficient (Wildman–Crippen LogP) is 3.40. The highest BCUT2D eigenvalue weighted by Gasteiger charge is 2.42. The van der Waals surface area contributed by atoms with Crippen LogP contribution in [0.2, 0.25) is 5.02 Å². The lowest BCUT2D eigenvalue weighted by Gasteiger charge is -2.43. The predicted molar refractivity (Wildman–Crippen MR) is 87.4 cm³/mol. The number of halogens is 1. The van der Waals surface area contributed by atoms with Crippen LogP contribution in [0, 0.1) is 11.8 Å². The van der Waals surface area contributed by atoms with Gasteiger partial charge in [-0.2, -0.15) is 4.98 Å². The summed E-state index contributed by atoms with van der Waals surface area (Å²) in [6, 6.07) is 7.04. The zero-order valence-corrected chi connectivity index (χ0v) is 13.3. The molecule has 2 saturated heterocycles. The fourth-order valence-electron chi connectivity index (χ4n) is 4.44. The molecular weight excluding hydrogens is 298 g/mol. The highest BCUT2D eigenvalue weighted by Crippen LogP contribution is 2.40. The van der Waals surface area contributed by atoms with E-state index in [0.717, 1.165) is 42.0 Å². The molecule has 0 N–H and O–H groups in total. The summed E-state index contributed by atoms with van der Waals surface area (Å²) in [5.41, 5.74) is 1.67. The maximum absolute atomic E-state index is 6.01. The van der Waals surface area contributed by atoms with E-state index < -0.39 is 0 Å². The second kappa shape index (κ2) is 4.87. The highest BCUT2D eigenvalue weighted by atomic mass is 35.5. The molecule has 4 nitrogen and oxygen atoms in total. The van der Waals surface area contributed by atoms with Gasteiger partial charge in [0.05, 0.1) is 0 Å². The third kappa shape index (κ3) is 2.04. The smallest absolute Gasteiger partial charge is 0.298 e. The number of fused-ring (bicyclic) bond motifs is 2. The molecule has 2 atom stereocenters. The van der Waals surface area contributed by atoms with E-state index >= 15 is 0 Å². The minimum Gasteiger partial charge on any atom is -0.423 e. The number of anilines is 1. The Bertz CT molecular complexity index is 697. The van der Waals surface area contributed by atoms with E-state index in [1.165, 1.54) is 32.4 Å². The van der Waals surface area contributed by atoms with Gasteiger partial charge in [0.1, 0.15) is 5.52 Å². The number of hydrogen-bond donors (Lipinski definition) is 0. The third-order valence-electron chi connectivity index (χ3n) is 5.74. The zero-order valence-electron chi connectivity index (χ0n) is 12.5. The quantitative estimate of drug-likeness (QED) is 0.850. The van der Waals surface area contributed by atoms with E-state index in [0.29, 0.717) is 11.1 Å². The van der Waals surface area contributed by atoms with E-state index in [1.54, 1.807) is 0 Å². The van der Waals surface area contributed by atoms with Gasteiger partial charge in [-0.25, -0.2) is 0 Å². The minimum atomic E-state index is 0.684. The van der Waals surface area contributed by atoms with Crippen molar-refractivity contribution in [1.29, 1.82) is 0 Å². The van der Waals surface area contributed by atoms with Gasteiger partial charge in [0.2, 0.25) is 0 Å². The molecule has 5 rings (SSSR count). The van der Waals surface area contributed by atoms with E-state index in [-0.39, 0.29) is 0 Å². The largest absolute Gasteiger partial charge is 0.423 e. The summed E-state index contributed by atoms with van der Waals surface area (Å²) in [4.78, 5) is 9.51. The Kier molecular flexibility index (Phi) is 2.92. The van der Waals surface area contributed by atoms with Gasteiger partial charge in [-0.15, -0.1) is 0 Å². The summed E-state index contributed by atoms with van der Waals surface area (Å²) in [5, 5.41) is 0.706. The van der Waals surface area contributed by atoms with Crippen molar-refractivity contribution in [3.8, 4) is 0 Å². The number of rotatable bonds is 2. The van der Waals surface area contributed by atoms with Gasteiger partial charge in [0, 0.05) is 37.2 Å². The first-order valence-corrected chi connectivity index (χ1v) is 8.69. The van der Waals surface area contributed by atoms with Gasteiger partial charge < -0.3 is 9.32 Å². The lowest BCUT2D eigenvalue weighted by Crippen LogP contribution is -2.59. The first kappa shape index (κ1) is 13.2. The van der Waals surface area contributed by atoms with Crippen LogP contribution in [-0.2, 0) is 0 Å². The first-order chi connectivity index (χ1) is 10.8. The van der Waals surface area contributed by atoms with Crippen LogP contribution >= 0.6 is 11.6 Å². The molecular formula is C17H20ClN3O. The molecule has 22 heavy (non-hydrogen) atoms. The van der Waals surface area contributed by atoms with Gasteiger partial charge in [-0.3, -0.25) is 4.90 Å².